The van der Waals surface area contributed by atoms with E-state index >= 15 is 0 Å². The van der Waals surface area contributed by atoms with Crippen molar-refractivity contribution < 1.29 is 19.1 Å². The maximum atomic E-state index is 13.5. The van der Waals surface area contributed by atoms with Crippen molar-refractivity contribution in [2.75, 3.05) is 0 Å². The second-order valence-electron chi connectivity index (χ2n) is 4.64. The van der Waals surface area contributed by atoms with E-state index in [0.29, 0.717) is 19.3 Å². The molecule has 0 unspecified atom stereocenters. The van der Waals surface area contributed by atoms with Gasteiger partial charge in [0.2, 0.25) is 0 Å². The third kappa shape index (κ3) is 3.23. The van der Waals surface area contributed by atoms with Crippen LogP contribution in [0.15, 0.2) is 18.2 Å². The van der Waals surface area contributed by atoms with Crippen LogP contribution in [0, 0.1) is 11.7 Å². The Balaban J connectivity index is 2.00. The van der Waals surface area contributed by atoms with Crippen LogP contribution in [-0.4, -0.2) is 23.0 Å². The molecule has 1 aromatic rings. The second-order valence-corrected chi connectivity index (χ2v) is 5.08. The van der Waals surface area contributed by atoms with Crippen LogP contribution in [0.3, 0.4) is 0 Å². The molecule has 0 spiro atoms. The summed E-state index contributed by atoms with van der Waals surface area (Å²) in [5, 5.41) is 11.7. The monoisotopic (exact) mass is 285 g/mol. The van der Waals surface area contributed by atoms with Crippen molar-refractivity contribution in [1.29, 1.82) is 0 Å². The van der Waals surface area contributed by atoms with Crippen molar-refractivity contribution in [3.8, 4) is 0 Å². The van der Waals surface area contributed by atoms with Gasteiger partial charge in [-0.05, 0) is 37.5 Å². The minimum atomic E-state index is -0.852. The normalized spacial score (nSPS) is 22.2. The first-order valence-corrected chi connectivity index (χ1v) is 6.34. The largest absolute Gasteiger partial charge is 0.481 e. The summed E-state index contributed by atoms with van der Waals surface area (Å²) in [6.45, 7) is 0. The number of halogens is 2. The van der Waals surface area contributed by atoms with Crippen molar-refractivity contribution in [3.63, 3.8) is 0 Å². The molecule has 1 saturated carbocycles. The summed E-state index contributed by atoms with van der Waals surface area (Å²) in [6.07, 6.45) is 1.51. The van der Waals surface area contributed by atoms with Crippen molar-refractivity contribution >= 4 is 23.5 Å². The minimum Gasteiger partial charge on any atom is -0.481 e. The Labute approximate surface area is 114 Å². The molecule has 1 amide bonds. The van der Waals surface area contributed by atoms with Crippen LogP contribution in [0.2, 0.25) is 5.02 Å². The summed E-state index contributed by atoms with van der Waals surface area (Å²) in [5.74, 6) is -2.50. The first-order chi connectivity index (χ1) is 8.97. The zero-order chi connectivity index (χ0) is 14.0. The SMILES string of the molecule is O=C(N[C@H]1CC[C@@H](C(=O)O)C1)c1ccc(Cl)cc1F. The fourth-order valence-electron chi connectivity index (χ4n) is 2.27. The molecule has 102 valence electrons. The zero-order valence-corrected chi connectivity index (χ0v) is 10.8. The summed E-state index contributed by atoms with van der Waals surface area (Å²) >= 11 is 5.61. The van der Waals surface area contributed by atoms with Crippen molar-refractivity contribution in [3.05, 3.63) is 34.6 Å². The number of benzene rings is 1. The van der Waals surface area contributed by atoms with E-state index in [2.05, 4.69) is 5.32 Å². The van der Waals surface area contributed by atoms with E-state index in [9.17, 15) is 14.0 Å². The van der Waals surface area contributed by atoms with E-state index in [-0.39, 0.29) is 16.6 Å². The molecule has 0 radical (unpaired) electrons. The Kier molecular flexibility index (Phi) is 4.04. The molecule has 6 heteroatoms. The number of rotatable bonds is 3. The number of carboxylic acid groups (broad SMARTS) is 1. The number of hydrogen-bond donors (Lipinski definition) is 2. The zero-order valence-electron chi connectivity index (χ0n) is 10.0. The van der Waals surface area contributed by atoms with Gasteiger partial charge in [-0.15, -0.1) is 0 Å². The molecule has 1 aliphatic carbocycles. The van der Waals surface area contributed by atoms with E-state index in [1.807, 2.05) is 0 Å². The lowest BCUT2D eigenvalue weighted by Gasteiger charge is -2.12. The third-order valence-electron chi connectivity index (χ3n) is 3.29. The summed E-state index contributed by atoms with van der Waals surface area (Å²) < 4.78 is 13.5. The maximum absolute atomic E-state index is 13.5. The standard InChI is InChI=1S/C13H13ClFNO3/c14-8-2-4-10(11(15)6-8)12(17)16-9-3-1-7(5-9)13(18)19/h2,4,6-7,9H,1,3,5H2,(H,16,17)(H,18,19)/t7-,9+/m1/s1. The number of aliphatic carboxylic acids is 1. The Hall–Kier alpha value is -1.62. The Morgan fingerprint density at radius 3 is 2.68 bits per heavy atom. The van der Waals surface area contributed by atoms with Crippen LogP contribution in [-0.2, 0) is 4.79 Å². The molecule has 1 fully saturated rings. The average molecular weight is 286 g/mol. The van der Waals surface area contributed by atoms with Gasteiger partial charge in [-0.25, -0.2) is 4.39 Å². The lowest BCUT2D eigenvalue weighted by atomic mass is 10.1. The second kappa shape index (κ2) is 5.57. The van der Waals surface area contributed by atoms with Crippen LogP contribution in [0.25, 0.3) is 0 Å². The summed E-state index contributed by atoms with van der Waals surface area (Å²) in [5.41, 5.74) is -0.0804. The molecule has 0 bridgehead atoms. The van der Waals surface area contributed by atoms with Crippen LogP contribution in [0.5, 0.6) is 0 Å². The highest BCUT2D eigenvalue weighted by Gasteiger charge is 2.31. The number of carbonyl (C=O) groups excluding carboxylic acids is 1. The summed E-state index contributed by atoms with van der Waals surface area (Å²) in [4.78, 5) is 22.7. The average Bonchev–Trinajstić information content (AvgIpc) is 2.77. The van der Waals surface area contributed by atoms with Gasteiger partial charge in [-0.3, -0.25) is 9.59 Å². The molecule has 0 saturated heterocycles. The smallest absolute Gasteiger partial charge is 0.306 e. The maximum Gasteiger partial charge on any atom is 0.306 e. The fraction of sp³-hybridized carbons (Fsp3) is 0.385. The number of nitrogens with one attached hydrogen (secondary N) is 1. The highest BCUT2D eigenvalue weighted by Crippen LogP contribution is 2.26. The number of carbonyl (C=O) groups is 2. The number of amides is 1. The lowest BCUT2D eigenvalue weighted by Crippen LogP contribution is -2.33. The molecule has 0 aromatic heterocycles. The first-order valence-electron chi connectivity index (χ1n) is 5.96. The van der Waals surface area contributed by atoms with Crippen LogP contribution >= 0.6 is 11.6 Å². The molecule has 0 heterocycles. The van der Waals surface area contributed by atoms with Crippen molar-refractivity contribution in [2.45, 2.75) is 25.3 Å². The van der Waals surface area contributed by atoms with Gasteiger partial charge < -0.3 is 10.4 Å². The molecule has 2 rings (SSSR count). The molecule has 4 nitrogen and oxygen atoms in total. The Morgan fingerprint density at radius 1 is 1.37 bits per heavy atom. The van der Waals surface area contributed by atoms with E-state index in [4.69, 9.17) is 16.7 Å². The summed E-state index contributed by atoms with van der Waals surface area (Å²) in [7, 11) is 0. The van der Waals surface area contributed by atoms with Gasteiger partial charge in [0.05, 0.1) is 11.5 Å². The molecule has 19 heavy (non-hydrogen) atoms. The third-order valence-corrected chi connectivity index (χ3v) is 3.53. The van der Waals surface area contributed by atoms with Crippen LogP contribution in [0.4, 0.5) is 4.39 Å². The Bertz CT molecular complexity index is 521. The molecule has 2 N–H and O–H groups in total. The molecule has 2 atom stereocenters. The number of carboxylic acids is 1. The van der Waals surface area contributed by atoms with E-state index in [0.717, 1.165) is 6.07 Å². The lowest BCUT2D eigenvalue weighted by molar-refractivity contribution is -0.141. The van der Waals surface area contributed by atoms with Gasteiger partial charge in [-0.1, -0.05) is 11.6 Å². The quantitative estimate of drug-likeness (QED) is 0.896. The molecule has 0 aliphatic heterocycles. The van der Waals surface area contributed by atoms with E-state index in [1.54, 1.807) is 0 Å². The highest BCUT2D eigenvalue weighted by molar-refractivity contribution is 6.30. The van der Waals surface area contributed by atoms with Gasteiger partial charge in [0.25, 0.3) is 5.91 Å². The minimum absolute atomic E-state index is 0.0804. The van der Waals surface area contributed by atoms with Gasteiger partial charge in [0.15, 0.2) is 0 Å². The van der Waals surface area contributed by atoms with Gasteiger partial charge in [0, 0.05) is 11.1 Å². The molecule has 1 aromatic carbocycles. The van der Waals surface area contributed by atoms with Gasteiger partial charge in [-0.2, -0.15) is 0 Å². The highest BCUT2D eigenvalue weighted by atomic mass is 35.5. The molecular formula is C13H13ClFNO3. The van der Waals surface area contributed by atoms with Crippen LogP contribution < -0.4 is 5.32 Å². The predicted octanol–water partition coefficient (Wildman–Crippen LogP) is 2.46. The first kappa shape index (κ1) is 13.8. The topological polar surface area (TPSA) is 66.4 Å². The van der Waals surface area contributed by atoms with Crippen molar-refractivity contribution in [2.24, 2.45) is 5.92 Å². The summed E-state index contributed by atoms with van der Waals surface area (Å²) in [6, 6.07) is 3.61. The molecule has 1 aliphatic rings. The van der Waals surface area contributed by atoms with Gasteiger partial charge >= 0.3 is 5.97 Å². The number of hydrogen-bond acceptors (Lipinski definition) is 2. The fourth-order valence-corrected chi connectivity index (χ4v) is 2.43. The van der Waals surface area contributed by atoms with Crippen molar-refractivity contribution in [1.82, 2.24) is 5.32 Å². The molecular weight excluding hydrogens is 273 g/mol. The van der Waals surface area contributed by atoms with Gasteiger partial charge in [0.1, 0.15) is 5.82 Å². The van der Waals surface area contributed by atoms with Crippen LogP contribution in [0.1, 0.15) is 29.6 Å². The predicted molar refractivity (Wildman–Crippen MR) is 67.6 cm³/mol. The van der Waals surface area contributed by atoms with E-state index in [1.165, 1.54) is 12.1 Å². The van der Waals surface area contributed by atoms with E-state index < -0.39 is 23.6 Å². The Morgan fingerprint density at radius 2 is 2.11 bits per heavy atom.